The minimum atomic E-state index is -2.08. The van der Waals surface area contributed by atoms with Gasteiger partial charge in [-0.1, -0.05) is 30.3 Å². The minimum absolute atomic E-state index is 0. The number of carbonyl (C=O) groups is 2. The molecule has 0 aromatic heterocycles. The van der Waals surface area contributed by atoms with Gasteiger partial charge in [-0.05, 0) is 12.0 Å². The average Bonchev–Trinajstić information content (AvgIpc) is 2.18. The quantitative estimate of drug-likeness (QED) is 0.478. The molecule has 0 fully saturated rings. The number of carboxylic acids is 1. The Morgan fingerprint density at radius 1 is 1.24 bits per heavy atom. The second kappa shape index (κ2) is 10.1. The summed E-state index contributed by atoms with van der Waals surface area (Å²) in [6, 6.07) is 8.54. The van der Waals surface area contributed by atoms with Gasteiger partial charge in [0.1, 0.15) is 6.04 Å². The van der Waals surface area contributed by atoms with Gasteiger partial charge in [0.15, 0.2) is 0 Å². The zero-order valence-corrected chi connectivity index (χ0v) is 11.4. The number of hydrogen-bond acceptors (Lipinski definition) is 4. The fourth-order valence-electron chi connectivity index (χ4n) is 0.955. The molecule has 0 aliphatic carbocycles. The Hall–Kier alpha value is -1.08. The molecule has 0 spiro atoms. The van der Waals surface area contributed by atoms with Crippen molar-refractivity contribution in [2.75, 3.05) is 0 Å². The summed E-state index contributed by atoms with van der Waals surface area (Å²) in [5.41, 5.74) is 6.30. The van der Waals surface area contributed by atoms with Crippen LogP contribution in [0.3, 0.4) is 0 Å². The number of rotatable bonds is 3. The van der Waals surface area contributed by atoms with Crippen LogP contribution < -0.4 is 40.4 Å². The summed E-state index contributed by atoms with van der Waals surface area (Å²) in [7, 11) is 0. The van der Waals surface area contributed by atoms with E-state index in [-0.39, 0.29) is 29.6 Å². The number of hydrogen-bond donors (Lipinski definition) is 3. The van der Waals surface area contributed by atoms with Crippen LogP contribution in [-0.4, -0.2) is 28.4 Å². The van der Waals surface area contributed by atoms with Crippen LogP contribution in [0.25, 0.3) is 0 Å². The third-order valence-corrected chi connectivity index (χ3v) is 1.62. The molecule has 0 bridgehead atoms. The van der Waals surface area contributed by atoms with Gasteiger partial charge >= 0.3 is 35.5 Å². The van der Waals surface area contributed by atoms with E-state index < -0.39 is 18.2 Å². The molecule has 4 N–H and O–H groups in total. The average molecular weight is 249 g/mol. The summed E-state index contributed by atoms with van der Waals surface area (Å²) in [5, 5.41) is 23.8. The van der Waals surface area contributed by atoms with Gasteiger partial charge in [0, 0.05) is 0 Å². The van der Waals surface area contributed by atoms with Crippen molar-refractivity contribution in [2.24, 2.45) is 5.73 Å². The van der Waals surface area contributed by atoms with Crippen molar-refractivity contribution in [3.8, 4) is 0 Å². The third kappa shape index (κ3) is 11.2. The molecule has 7 heteroatoms. The SMILES string of the molecule is N[C@@H](Cc1ccccc1)C(=O)O.O=C([O-])O.[Na+]. The van der Waals surface area contributed by atoms with Crippen LogP contribution in [0.4, 0.5) is 4.79 Å². The van der Waals surface area contributed by atoms with Gasteiger partial charge in [-0.25, -0.2) is 0 Å². The zero-order chi connectivity index (χ0) is 12.6. The van der Waals surface area contributed by atoms with Gasteiger partial charge in [0.05, 0.1) is 0 Å². The van der Waals surface area contributed by atoms with E-state index >= 15 is 0 Å². The molecule has 0 amide bonds. The molecule has 6 nitrogen and oxygen atoms in total. The maximum atomic E-state index is 10.4. The molecular formula is C10H12NNaO5. The topological polar surface area (TPSA) is 124 Å². The molecule has 1 rings (SSSR count). The van der Waals surface area contributed by atoms with Crippen LogP contribution in [0.15, 0.2) is 30.3 Å². The van der Waals surface area contributed by atoms with E-state index in [1.165, 1.54) is 0 Å². The van der Waals surface area contributed by atoms with E-state index in [4.69, 9.17) is 25.8 Å². The smallest absolute Gasteiger partial charge is 0.565 e. The van der Waals surface area contributed by atoms with Crippen LogP contribution in [0.1, 0.15) is 5.56 Å². The van der Waals surface area contributed by atoms with Gasteiger partial charge in [0.2, 0.25) is 6.16 Å². The monoisotopic (exact) mass is 249 g/mol. The van der Waals surface area contributed by atoms with E-state index in [9.17, 15) is 4.79 Å². The van der Waals surface area contributed by atoms with Crippen molar-refractivity contribution in [1.29, 1.82) is 0 Å². The summed E-state index contributed by atoms with van der Waals surface area (Å²) in [5.74, 6) is -0.959. The Morgan fingerprint density at radius 3 is 2.00 bits per heavy atom. The van der Waals surface area contributed by atoms with Gasteiger partial charge < -0.3 is 25.8 Å². The van der Waals surface area contributed by atoms with Gasteiger partial charge in [0.25, 0.3) is 0 Å². The van der Waals surface area contributed by atoms with Crippen molar-refractivity contribution in [2.45, 2.75) is 12.5 Å². The molecule has 0 radical (unpaired) electrons. The van der Waals surface area contributed by atoms with Gasteiger partial charge in [-0.2, -0.15) is 0 Å². The van der Waals surface area contributed by atoms with Crippen LogP contribution in [0, 0.1) is 0 Å². The first-order valence-electron chi connectivity index (χ1n) is 4.35. The molecule has 1 aromatic rings. The van der Waals surface area contributed by atoms with Crippen molar-refractivity contribution in [3.05, 3.63) is 35.9 Å². The molecule has 0 saturated heterocycles. The molecular weight excluding hydrogens is 237 g/mol. The summed E-state index contributed by atoms with van der Waals surface area (Å²) in [6.07, 6.45) is -1.70. The van der Waals surface area contributed by atoms with Crippen molar-refractivity contribution in [3.63, 3.8) is 0 Å². The molecule has 17 heavy (non-hydrogen) atoms. The van der Waals surface area contributed by atoms with Gasteiger partial charge in [-0.15, -0.1) is 0 Å². The summed E-state index contributed by atoms with van der Waals surface area (Å²) in [4.78, 5) is 18.8. The molecule has 1 aromatic carbocycles. The Kier molecular flexibility index (Phi) is 10.9. The van der Waals surface area contributed by atoms with Crippen LogP contribution in [-0.2, 0) is 11.2 Å². The fraction of sp³-hybridized carbons (Fsp3) is 0.200. The third-order valence-electron chi connectivity index (χ3n) is 1.62. The Bertz CT molecular complexity index is 340. The first kappa shape index (κ1) is 18.3. The maximum Gasteiger partial charge on any atom is 1.00 e. The molecule has 1 atom stereocenters. The van der Waals surface area contributed by atoms with E-state index in [0.717, 1.165) is 5.56 Å². The molecule has 0 aliphatic heterocycles. The van der Waals surface area contributed by atoms with E-state index in [2.05, 4.69) is 0 Å². The molecule has 0 aliphatic rings. The number of aliphatic carboxylic acids is 1. The molecule has 88 valence electrons. The second-order valence-electron chi connectivity index (χ2n) is 2.90. The summed E-state index contributed by atoms with van der Waals surface area (Å²) >= 11 is 0. The number of carboxylic acid groups (broad SMARTS) is 3. The predicted octanol–water partition coefficient (Wildman–Crippen LogP) is -3.47. The largest absolute Gasteiger partial charge is 1.00 e. The number of nitrogens with two attached hydrogens (primary N) is 1. The first-order valence-corrected chi connectivity index (χ1v) is 4.35. The van der Waals surface area contributed by atoms with Crippen LogP contribution >= 0.6 is 0 Å². The van der Waals surface area contributed by atoms with Gasteiger partial charge in [-0.3, -0.25) is 4.79 Å². The van der Waals surface area contributed by atoms with Crippen LogP contribution in [0.5, 0.6) is 0 Å². The van der Waals surface area contributed by atoms with Crippen LogP contribution in [0.2, 0.25) is 0 Å². The maximum absolute atomic E-state index is 10.4. The molecule has 0 heterocycles. The van der Waals surface area contributed by atoms with Crippen molar-refractivity contribution < 1.29 is 54.5 Å². The second-order valence-corrected chi connectivity index (χ2v) is 2.90. The molecule has 0 unspecified atom stereocenters. The Labute approximate surface area is 120 Å². The fourth-order valence-corrected chi connectivity index (χ4v) is 0.955. The summed E-state index contributed by atoms with van der Waals surface area (Å²) in [6.45, 7) is 0. The number of benzene rings is 1. The molecule has 0 saturated carbocycles. The van der Waals surface area contributed by atoms with Crippen molar-refractivity contribution in [1.82, 2.24) is 0 Å². The Balaban J connectivity index is 0. The normalized spacial score (nSPS) is 10.2. The zero-order valence-electron chi connectivity index (χ0n) is 9.37. The van der Waals surface area contributed by atoms with E-state index in [1.54, 1.807) is 0 Å². The first-order chi connectivity index (χ1) is 7.43. The van der Waals surface area contributed by atoms with Crippen molar-refractivity contribution >= 4 is 12.1 Å². The van der Waals surface area contributed by atoms with E-state index in [1.807, 2.05) is 30.3 Å². The predicted molar refractivity (Wildman–Crippen MR) is 53.8 cm³/mol. The minimum Gasteiger partial charge on any atom is -0.565 e. The standard InChI is InChI=1S/C9H11NO2.CH2O3.Na/c10-8(9(11)12)6-7-4-2-1-3-5-7;2-1(3)4;/h1-5,8H,6,10H2,(H,11,12);(H2,2,3,4);/q;;+1/p-1/t8-;;/m0../s1. The summed E-state index contributed by atoms with van der Waals surface area (Å²) < 4.78 is 0. The Morgan fingerprint density at radius 2 is 1.65 bits per heavy atom. The van der Waals surface area contributed by atoms with E-state index in [0.29, 0.717) is 6.42 Å².